The van der Waals surface area contributed by atoms with Crippen molar-refractivity contribution in [2.75, 3.05) is 0 Å². The fourth-order valence-electron chi connectivity index (χ4n) is 2.25. The Balaban J connectivity index is 1.98. The molecule has 0 radical (unpaired) electrons. The van der Waals surface area contributed by atoms with Crippen molar-refractivity contribution in [3.8, 4) is 0 Å². The van der Waals surface area contributed by atoms with Gasteiger partial charge in [-0.05, 0) is 31.4 Å². The molecule has 1 saturated carbocycles. The summed E-state index contributed by atoms with van der Waals surface area (Å²) in [5.41, 5.74) is 1.75. The number of aliphatic hydroxyl groups is 1. The normalized spacial score (nSPS) is 26.2. The summed E-state index contributed by atoms with van der Waals surface area (Å²) in [5, 5.41) is 9.47. The van der Waals surface area contributed by atoms with Crippen LogP contribution in [0.15, 0.2) is 28.7 Å². The quantitative estimate of drug-likeness (QED) is 0.774. The number of fused-ring (bicyclic) bond motifs is 1. The van der Waals surface area contributed by atoms with Gasteiger partial charge in [-0.1, -0.05) is 12.1 Å². The van der Waals surface area contributed by atoms with E-state index in [1.54, 1.807) is 0 Å². The van der Waals surface area contributed by atoms with Crippen molar-refractivity contribution in [2.24, 2.45) is 0 Å². The minimum Gasteiger partial charge on any atom is -0.440 e. The van der Waals surface area contributed by atoms with E-state index in [9.17, 15) is 5.11 Å². The fourth-order valence-corrected chi connectivity index (χ4v) is 2.25. The van der Waals surface area contributed by atoms with Gasteiger partial charge in [0.25, 0.3) is 0 Å². The molecule has 15 heavy (non-hydrogen) atoms. The van der Waals surface area contributed by atoms with Crippen molar-refractivity contribution in [3.63, 3.8) is 0 Å². The van der Waals surface area contributed by atoms with Crippen LogP contribution in [0.1, 0.15) is 31.1 Å². The number of hydrogen-bond acceptors (Lipinski definition) is 3. The van der Waals surface area contributed by atoms with Crippen LogP contribution in [0.2, 0.25) is 0 Å². The van der Waals surface area contributed by atoms with E-state index in [-0.39, 0.29) is 6.10 Å². The molecule has 0 saturated heterocycles. The first kappa shape index (κ1) is 8.92. The maximum absolute atomic E-state index is 9.47. The first-order valence-electron chi connectivity index (χ1n) is 5.36. The molecule has 3 nitrogen and oxygen atoms in total. The first-order valence-corrected chi connectivity index (χ1v) is 5.36. The maximum Gasteiger partial charge on any atom is 0.198 e. The van der Waals surface area contributed by atoms with Crippen LogP contribution in [0.5, 0.6) is 0 Å². The monoisotopic (exact) mass is 203 g/mol. The first-order chi connectivity index (χ1) is 7.33. The third kappa shape index (κ3) is 1.53. The van der Waals surface area contributed by atoms with Crippen LogP contribution in [0.3, 0.4) is 0 Å². The Morgan fingerprint density at radius 3 is 2.87 bits per heavy atom. The lowest BCUT2D eigenvalue weighted by atomic mass is 10.1. The largest absolute Gasteiger partial charge is 0.440 e. The van der Waals surface area contributed by atoms with Gasteiger partial charge >= 0.3 is 0 Å². The summed E-state index contributed by atoms with van der Waals surface area (Å²) in [6.45, 7) is 0. The lowest BCUT2D eigenvalue weighted by Crippen LogP contribution is -1.99. The Morgan fingerprint density at radius 1 is 1.27 bits per heavy atom. The summed E-state index contributed by atoms with van der Waals surface area (Å²) in [6.07, 6.45) is 2.45. The summed E-state index contributed by atoms with van der Waals surface area (Å²) in [5.74, 6) is 1.08. The molecule has 1 aliphatic carbocycles. The molecule has 2 atom stereocenters. The molecule has 0 spiro atoms. The Morgan fingerprint density at radius 2 is 2.13 bits per heavy atom. The van der Waals surface area contributed by atoms with E-state index in [0.717, 1.165) is 36.3 Å². The van der Waals surface area contributed by atoms with E-state index in [1.807, 2.05) is 24.3 Å². The van der Waals surface area contributed by atoms with Gasteiger partial charge in [-0.3, -0.25) is 0 Å². The molecule has 0 amide bonds. The van der Waals surface area contributed by atoms with Gasteiger partial charge in [0.15, 0.2) is 11.5 Å². The van der Waals surface area contributed by atoms with Gasteiger partial charge in [-0.2, -0.15) is 0 Å². The minimum atomic E-state index is -0.176. The molecular weight excluding hydrogens is 190 g/mol. The Bertz CT molecular complexity index is 444. The van der Waals surface area contributed by atoms with Crippen molar-refractivity contribution in [3.05, 3.63) is 30.2 Å². The second-order valence-electron chi connectivity index (χ2n) is 4.18. The van der Waals surface area contributed by atoms with Gasteiger partial charge in [-0.25, -0.2) is 4.98 Å². The number of oxazole rings is 1. The third-order valence-electron chi connectivity index (χ3n) is 3.06. The Kier molecular flexibility index (Phi) is 1.99. The van der Waals surface area contributed by atoms with Crippen LogP contribution in [-0.2, 0) is 0 Å². The number of aliphatic hydroxyl groups excluding tert-OH is 1. The molecule has 78 valence electrons. The molecule has 1 aromatic carbocycles. The predicted molar refractivity (Wildman–Crippen MR) is 56.6 cm³/mol. The predicted octanol–water partition coefficient (Wildman–Crippen LogP) is 2.46. The Hall–Kier alpha value is -1.35. The molecule has 2 aromatic rings. The average molecular weight is 203 g/mol. The van der Waals surface area contributed by atoms with Gasteiger partial charge in [-0.15, -0.1) is 0 Å². The van der Waals surface area contributed by atoms with Gasteiger partial charge in [0.1, 0.15) is 5.52 Å². The van der Waals surface area contributed by atoms with Gasteiger partial charge in [0, 0.05) is 5.92 Å². The molecular formula is C12H13NO2. The van der Waals surface area contributed by atoms with Gasteiger partial charge in [0.2, 0.25) is 0 Å². The van der Waals surface area contributed by atoms with Crippen LogP contribution < -0.4 is 0 Å². The number of aromatic nitrogens is 1. The molecule has 1 N–H and O–H groups in total. The minimum absolute atomic E-state index is 0.176. The van der Waals surface area contributed by atoms with E-state index in [2.05, 4.69) is 4.98 Å². The van der Waals surface area contributed by atoms with E-state index in [0.29, 0.717) is 5.92 Å². The summed E-state index contributed by atoms with van der Waals surface area (Å²) in [6, 6.07) is 7.78. The van der Waals surface area contributed by atoms with Crippen molar-refractivity contribution in [1.82, 2.24) is 4.98 Å². The zero-order chi connectivity index (χ0) is 10.3. The van der Waals surface area contributed by atoms with Crippen LogP contribution in [0.4, 0.5) is 0 Å². The van der Waals surface area contributed by atoms with Crippen molar-refractivity contribution < 1.29 is 9.52 Å². The Labute approximate surface area is 87.7 Å². The number of benzene rings is 1. The van der Waals surface area contributed by atoms with Crippen LogP contribution in [0.25, 0.3) is 11.1 Å². The maximum atomic E-state index is 9.47. The number of rotatable bonds is 1. The fraction of sp³-hybridized carbons (Fsp3) is 0.417. The smallest absolute Gasteiger partial charge is 0.198 e. The lowest BCUT2D eigenvalue weighted by Gasteiger charge is -2.01. The number of para-hydroxylation sites is 2. The molecule has 0 bridgehead atoms. The molecule has 0 aliphatic heterocycles. The number of nitrogens with zero attached hydrogens (tertiary/aromatic N) is 1. The summed E-state index contributed by atoms with van der Waals surface area (Å²) >= 11 is 0. The van der Waals surface area contributed by atoms with E-state index >= 15 is 0 Å². The zero-order valence-electron chi connectivity index (χ0n) is 8.39. The molecule has 1 fully saturated rings. The van der Waals surface area contributed by atoms with Crippen molar-refractivity contribution in [1.29, 1.82) is 0 Å². The third-order valence-corrected chi connectivity index (χ3v) is 3.06. The highest BCUT2D eigenvalue weighted by Crippen LogP contribution is 2.35. The molecule has 3 rings (SSSR count). The summed E-state index contributed by atoms with van der Waals surface area (Å²) in [4.78, 5) is 4.45. The molecule has 0 unspecified atom stereocenters. The average Bonchev–Trinajstić information content (AvgIpc) is 2.82. The topological polar surface area (TPSA) is 46.3 Å². The highest BCUT2D eigenvalue weighted by Gasteiger charge is 2.27. The van der Waals surface area contributed by atoms with Crippen LogP contribution in [-0.4, -0.2) is 16.2 Å². The van der Waals surface area contributed by atoms with Crippen LogP contribution >= 0.6 is 0 Å². The SMILES string of the molecule is O[C@@H]1CC[C@@H](c2nc3ccccc3o2)C1. The van der Waals surface area contributed by atoms with Crippen molar-refractivity contribution >= 4 is 11.1 Å². The molecule has 1 aromatic heterocycles. The standard InChI is InChI=1S/C12H13NO2/c14-9-6-5-8(7-9)12-13-10-3-1-2-4-11(10)15-12/h1-4,8-9,14H,5-7H2/t8-,9-/m1/s1. The van der Waals surface area contributed by atoms with E-state index < -0.39 is 0 Å². The van der Waals surface area contributed by atoms with E-state index in [4.69, 9.17) is 4.42 Å². The van der Waals surface area contributed by atoms with E-state index in [1.165, 1.54) is 0 Å². The summed E-state index contributed by atoms with van der Waals surface area (Å²) < 4.78 is 5.68. The highest BCUT2D eigenvalue weighted by molar-refractivity contribution is 5.72. The second-order valence-corrected chi connectivity index (χ2v) is 4.18. The molecule has 1 aliphatic rings. The van der Waals surface area contributed by atoms with Gasteiger partial charge < -0.3 is 9.52 Å². The lowest BCUT2D eigenvalue weighted by molar-refractivity contribution is 0.180. The van der Waals surface area contributed by atoms with Gasteiger partial charge in [0.05, 0.1) is 6.10 Å². The van der Waals surface area contributed by atoms with Crippen LogP contribution in [0, 0.1) is 0 Å². The molecule has 3 heteroatoms. The van der Waals surface area contributed by atoms with Crippen molar-refractivity contribution in [2.45, 2.75) is 31.3 Å². The zero-order valence-corrected chi connectivity index (χ0v) is 8.39. The second kappa shape index (κ2) is 3.35. The summed E-state index contributed by atoms with van der Waals surface area (Å²) in [7, 11) is 0. The molecule has 1 heterocycles. The highest BCUT2D eigenvalue weighted by atomic mass is 16.3. The number of hydrogen-bond donors (Lipinski definition) is 1.